The van der Waals surface area contributed by atoms with Crippen LogP contribution in [0.3, 0.4) is 0 Å². The SMILES string of the molecule is O=[N+]([O-])c1cc(I)cc(F)c1Cl. The Balaban J connectivity index is 3.37. The van der Waals surface area contributed by atoms with Gasteiger partial charge in [0.1, 0.15) is 5.82 Å². The van der Waals surface area contributed by atoms with Crippen molar-refractivity contribution in [1.29, 1.82) is 0 Å². The average Bonchev–Trinajstić information content (AvgIpc) is 1.96. The lowest BCUT2D eigenvalue weighted by Crippen LogP contribution is -1.92. The van der Waals surface area contributed by atoms with Crippen LogP contribution >= 0.6 is 34.2 Å². The van der Waals surface area contributed by atoms with Gasteiger partial charge in [0.2, 0.25) is 0 Å². The van der Waals surface area contributed by atoms with Crippen LogP contribution in [0.4, 0.5) is 10.1 Å². The van der Waals surface area contributed by atoms with Crippen LogP contribution in [0.15, 0.2) is 12.1 Å². The molecule has 1 aromatic carbocycles. The van der Waals surface area contributed by atoms with Gasteiger partial charge in [-0.3, -0.25) is 10.1 Å². The number of nitro benzene ring substituents is 1. The molecule has 0 heterocycles. The van der Waals surface area contributed by atoms with Gasteiger partial charge in [0, 0.05) is 9.64 Å². The van der Waals surface area contributed by atoms with Gasteiger partial charge >= 0.3 is 0 Å². The summed E-state index contributed by atoms with van der Waals surface area (Å²) in [5, 5.41) is 9.83. The van der Waals surface area contributed by atoms with Gasteiger partial charge in [-0.2, -0.15) is 0 Å². The normalized spacial score (nSPS) is 9.92. The topological polar surface area (TPSA) is 43.1 Å². The van der Waals surface area contributed by atoms with Crippen LogP contribution in [-0.4, -0.2) is 4.92 Å². The van der Waals surface area contributed by atoms with E-state index in [2.05, 4.69) is 0 Å². The lowest BCUT2D eigenvalue weighted by atomic mass is 10.3. The number of hydrogen-bond donors (Lipinski definition) is 0. The van der Waals surface area contributed by atoms with Crippen molar-refractivity contribution in [1.82, 2.24) is 0 Å². The molecule has 6 heteroatoms. The van der Waals surface area contributed by atoms with Gasteiger partial charge in [-0.1, -0.05) is 11.6 Å². The summed E-state index contributed by atoms with van der Waals surface area (Å²) in [6, 6.07) is 2.35. The third kappa shape index (κ3) is 1.84. The van der Waals surface area contributed by atoms with Crippen molar-refractivity contribution in [2.45, 2.75) is 0 Å². The maximum absolute atomic E-state index is 12.8. The van der Waals surface area contributed by atoms with E-state index >= 15 is 0 Å². The second kappa shape index (κ2) is 3.53. The Bertz CT molecular complexity index is 345. The van der Waals surface area contributed by atoms with Crippen molar-refractivity contribution >= 4 is 39.9 Å². The lowest BCUT2D eigenvalue weighted by Gasteiger charge is -1.96. The fraction of sp³-hybridized carbons (Fsp3) is 0. The summed E-state index contributed by atoms with van der Waals surface area (Å²) in [7, 11) is 0. The summed E-state index contributed by atoms with van der Waals surface area (Å²) in [6.45, 7) is 0. The maximum Gasteiger partial charge on any atom is 0.291 e. The van der Waals surface area contributed by atoms with Gasteiger partial charge in [-0.15, -0.1) is 0 Å². The standard InChI is InChI=1S/C6H2ClFINO2/c7-6-4(8)1-3(9)2-5(6)10(11)12/h1-2H. The smallest absolute Gasteiger partial charge is 0.258 e. The number of nitrogens with zero attached hydrogens (tertiary/aromatic N) is 1. The molecule has 1 rings (SSSR count). The van der Waals surface area contributed by atoms with E-state index in [1.165, 1.54) is 6.07 Å². The van der Waals surface area contributed by atoms with Crippen molar-refractivity contribution in [3.63, 3.8) is 0 Å². The van der Waals surface area contributed by atoms with E-state index < -0.39 is 21.5 Å². The van der Waals surface area contributed by atoms with Crippen molar-refractivity contribution in [2.24, 2.45) is 0 Å². The molecular formula is C6H2ClFINO2. The summed E-state index contributed by atoms with van der Waals surface area (Å²) in [6.07, 6.45) is 0. The number of benzene rings is 1. The quantitative estimate of drug-likeness (QED) is 0.346. The Morgan fingerprint density at radius 1 is 1.58 bits per heavy atom. The summed E-state index contributed by atoms with van der Waals surface area (Å²) in [5.41, 5.74) is -0.402. The molecule has 0 amide bonds. The molecule has 0 unspecified atom stereocenters. The van der Waals surface area contributed by atoms with Gasteiger partial charge in [-0.25, -0.2) is 4.39 Å². The van der Waals surface area contributed by atoms with Crippen molar-refractivity contribution in [2.75, 3.05) is 0 Å². The molecule has 0 radical (unpaired) electrons. The largest absolute Gasteiger partial charge is 0.291 e. The highest BCUT2D eigenvalue weighted by molar-refractivity contribution is 14.1. The first kappa shape index (κ1) is 9.66. The zero-order chi connectivity index (χ0) is 9.30. The van der Waals surface area contributed by atoms with E-state index in [1.807, 2.05) is 0 Å². The van der Waals surface area contributed by atoms with E-state index in [9.17, 15) is 14.5 Å². The summed E-state index contributed by atoms with van der Waals surface area (Å²) in [4.78, 5) is 9.56. The molecule has 0 aromatic heterocycles. The Morgan fingerprint density at radius 3 is 2.67 bits per heavy atom. The van der Waals surface area contributed by atoms with Crippen LogP contribution < -0.4 is 0 Å². The molecule has 0 spiro atoms. The highest BCUT2D eigenvalue weighted by atomic mass is 127. The number of nitro groups is 1. The first-order valence-electron chi connectivity index (χ1n) is 2.81. The van der Waals surface area contributed by atoms with Crippen LogP contribution in [0.5, 0.6) is 0 Å². The first-order valence-corrected chi connectivity index (χ1v) is 4.27. The molecule has 0 aliphatic heterocycles. The highest BCUT2D eigenvalue weighted by Gasteiger charge is 2.16. The molecule has 0 saturated heterocycles. The van der Waals surface area contributed by atoms with Crippen molar-refractivity contribution in [3.8, 4) is 0 Å². The predicted octanol–water partition coefficient (Wildman–Crippen LogP) is 2.99. The zero-order valence-electron chi connectivity index (χ0n) is 5.55. The van der Waals surface area contributed by atoms with Gasteiger partial charge in [0.05, 0.1) is 4.92 Å². The number of halogens is 3. The minimum atomic E-state index is -0.768. The molecule has 64 valence electrons. The van der Waals surface area contributed by atoms with Crippen LogP contribution in [-0.2, 0) is 0 Å². The Hall–Kier alpha value is -0.430. The van der Waals surface area contributed by atoms with E-state index in [-0.39, 0.29) is 0 Å². The van der Waals surface area contributed by atoms with E-state index in [0.29, 0.717) is 3.57 Å². The zero-order valence-corrected chi connectivity index (χ0v) is 8.47. The lowest BCUT2D eigenvalue weighted by molar-refractivity contribution is -0.385. The van der Waals surface area contributed by atoms with E-state index in [1.54, 1.807) is 22.6 Å². The van der Waals surface area contributed by atoms with Crippen molar-refractivity contribution < 1.29 is 9.31 Å². The van der Waals surface area contributed by atoms with E-state index in [4.69, 9.17) is 11.6 Å². The third-order valence-electron chi connectivity index (χ3n) is 1.17. The molecule has 0 saturated carbocycles. The predicted molar refractivity (Wildman–Crippen MR) is 50.8 cm³/mol. The molecule has 0 atom stereocenters. The first-order chi connectivity index (χ1) is 5.52. The van der Waals surface area contributed by atoms with Crippen LogP contribution in [0.1, 0.15) is 0 Å². The Morgan fingerprint density at radius 2 is 2.17 bits per heavy atom. The van der Waals surface area contributed by atoms with E-state index in [0.717, 1.165) is 6.07 Å². The highest BCUT2D eigenvalue weighted by Crippen LogP contribution is 2.28. The van der Waals surface area contributed by atoms with Crippen LogP contribution in [0, 0.1) is 19.5 Å². The summed E-state index contributed by atoms with van der Waals surface area (Å²) < 4.78 is 13.2. The second-order valence-electron chi connectivity index (χ2n) is 1.98. The molecule has 0 fully saturated rings. The van der Waals surface area contributed by atoms with Gasteiger partial charge in [0.15, 0.2) is 5.02 Å². The van der Waals surface area contributed by atoms with Crippen LogP contribution in [0.2, 0.25) is 5.02 Å². The Labute approximate surface area is 85.8 Å². The fourth-order valence-corrected chi connectivity index (χ4v) is 1.42. The monoisotopic (exact) mass is 301 g/mol. The molecule has 3 nitrogen and oxygen atoms in total. The molecule has 0 bridgehead atoms. The minimum absolute atomic E-state index is 0.402. The second-order valence-corrected chi connectivity index (χ2v) is 3.60. The minimum Gasteiger partial charge on any atom is -0.258 e. The molecule has 0 N–H and O–H groups in total. The average molecular weight is 301 g/mol. The molecule has 12 heavy (non-hydrogen) atoms. The summed E-state index contributed by atoms with van der Waals surface area (Å²) in [5.74, 6) is -0.768. The maximum atomic E-state index is 12.8. The fourth-order valence-electron chi connectivity index (χ4n) is 0.675. The summed E-state index contributed by atoms with van der Waals surface area (Å²) >= 11 is 7.12. The van der Waals surface area contributed by atoms with Crippen molar-refractivity contribution in [3.05, 3.63) is 36.7 Å². The molecule has 1 aromatic rings. The molecule has 0 aliphatic rings. The Kier molecular flexibility index (Phi) is 2.84. The van der Waals surface area contributed by atoms with Crippen LogP contribution in [0.25, 0.3) is 0 Å². The van der Waals surface area contributed by atoms with Gasteiger partial charge < -0.3 is 0 Å². The van der Waals surface area contributed by atoms with Gasteiger partial charge in [-0.05, 0) is 28.7 Å². The third-order valence-corrected chi connectivity index (χ3v) is 2.17. The number of rotatable bonds is 1. The molecular weight excluding hydrogens is 299 g/mol. The molecule has 0 aliphatic carbocycles. The van der Waals surface area contributed by atoms with Gasteiger partial charge in [0.25, 0.3) is 5.69 Å². The number of hydrogen-bond acceptors (Lipinski definition) is 2.